The fourth-order valence-electron chi connectivity index (χ4n) is 2.98. The van der Waals surface area contributed by atoms with Crippen LogP contribution in [0.25, 0.3) is 0 Å². The second-order valence-electron chi connectivity index (χ2n) is 5.99. The summed E-state index contributed by atoms with van der Waals surface area (Å²) in [5.74, 6) is -0.865. The SMILES string of the molecule is COC(=O)[C@H]1CCCN1C(=O)c1cccc(S(=O)(=O)c2cnc(CN)s2)c1. The van der Waals surface area contributed by atoms with Crippen molar-refractivity contribution in [1.29, 1.82) is 0 Å². The van der Waals surface area contributed by atoms with E-state index in [4.69, 9.17) is 10.5 Å². The smallest absolute Gasteiger partial charge is 0.328 e. The summed E-state index contributed by atoms with van der Waals surface area (Å²) in [5.41, 5.74) is 5.70. The predicted molar refractivity (Wildman–Crippen MR) is 98.0 cm³/mol. The second-order valence-corrected chi connectivity index (χ2v) is 9.28. The molecule has 1 saturated heterocycles. The number of carbonyl (C=O) groups is 2. The average molecular weight is 409 g/mol. The van der Waals surface area contributed by atoms with Crippen LogP contribution in [0.1, 0.15) is 28.2 Å². The number of rotatable bonds is 5. The Morgan fingerprint density at radius 3 is 2.85 bits per heavy atom. The third kappa shape index (κ3) is 3.73. The van der Waals surface area contributed by atoms with Crippen molar-refractivity contribution in [2.24, 2.45) is 5.73 Å². The first-order valence-electron chi connectivity index (χ1n) is 8.27. The molecule has 1 aromatic carbocycles. The first kappa shape index (κ1) is 19.5. The molecule has 1 aliphatic rings. The molecule has 1 aliphatic heterocycles. The van der Waals surface area contributed by atoms with Crippen LogP contribution in [0.4, 0.5) is 0 Å². The van der Waals surface area contributed by atoms with E-state index in [1.54, 1.807) is 0 Å². The van der Waals surface area contributed by atoms with Crippen LogP contribution in [0.2, 0.25) is 0 Å². The fraction of sp³-hybridized carbons (Fsp3) is 0.353. The van der Waals surface area contributed by atoms with E-state index in [-0.39, 0.29) is 21.2 Å². The van der Waals surface area contributed by atoms with E-state index in [1.807, 2.05) is 0 Å². The van der Waals surface area contributed by atoms with Crippen LogP contribution in [0.15, 0.2) is 39.6 Å². The number of benzene rings is 1. The number of sulfone groups is 1. The number of esters is 1. The van der Waals surface area contributed by atoms with E-state index in [9.17, 15) is 18.0 Å². The lowest BCUT2D eigenvalue weighted by molar-refractivity contribution is -0.145. The van der Waals surface area contributed by atoms with Gasteiger partial charge in [-0.15, -0.1) is 11.3 Å². The third-order valence-electron chi connectivity index (χ3n) is 4.35. The summed E-state index contributed by atoms with van der Waals surface area (Å²) in [4.78, 5) is 30.1. The number of nitrogens with two attached hydrogens (primary N) is 1. The monoisotopic (exact) mass is 409 g/mol. The van der Waals surface area contributed by atoms with Crippen molar-refractivity contribution < 1.29 is 22.7 Å². The lowest BCUT2D eigenvalue weighted by Crippen LogP contribution is -2.41. The average Bonchev–Trinajstić information content (AvgIpc) is 3.36. The Kier molecular flexibility index (Phi) is 5.59. The molecular weight excluding hydrogens is 390 g/mol. The molecule has 0 spiro atoms. The van der Waals surface area contributed by atoms with Gasteiger partial charge >= 0.3 is 5.97 Å². The molecule has 144 valence electrons. The van der Waals surface area contributed by atoms with E-state index >= 15 is 0 Å². The Bertz CT molecular complexity index is 970. The summed E-state index contributed by atoms with van der Waals surface area (Å²) >= 11 is 1.00. The van der Waals surface area contributed by atoms with Crippen LogP contribution in [0, 0.1) is 0 Å². The molecule has 2 aromatic rings. The molecule has 0 aliphatic carbocycles. The van der Waals surface area contributed by atoms with Crippen molar-refractivity contribution in [1.82, 2.24) is 9.88 Å². The number of nitrogens with zero attached hydrogens (tertiary/aromatic N) is 2. The summed E-state index contributed by atoms with van der Waals surface area (Å²) in [7, 11) is -2.53. The number of hydrogen-bond acceptors (Lipinski definition) is 8. The number of hydrogen-bond donors (Lipinski definition) is 1. The van der Waals surface area contributed by atoms with Gasteiger partial charge in [-0.25, -0.2) is 18.2 Å². The molecule has 3 rings (SSSR count). The molecule has 2 N–H and O–H groups in total. The number of amides is 1. The molecule has 27 heavy (non-hydrogen) atoms. The van der Waals surface area contributed by atoms with Gasteiger partial charge in [0, 0.05) is 18.7 Å². The highest BCUT2D eigenvalue weighted by Gasteiger charge is 2.35. The molecule has 0 saturated carbocycles. The van der Waals surface area contributed by atoms with Crippen molar-refractivity contribution in [3.05, 3.63) is 41.0 Å². The molecule has 1 atom stereocenters. The zero-order valence-corrected chi connectivity index (χ0v) is 16.3. The van der Waals surface area contributed by atoms with Crippen LogP contribution in [-0.4, -0.2) is 49.9 Å². The molecule has 1 aromatic heterocycles. The van der Waals surface area contributed by atoms with Crippen LogP contribution in [-0.2, 0) is 25.9 Å². The van der Waals surface area contributed by atoms with Gasteiger partial charge in [0.05, 0.1) is 18.2 Å². The van der Waals surface area contributed by atoms with Gasteiger partial charge in [0.15, 0.2) is 0 Å². The standard InChI is InChI=1S/C17H19N3O5S2/c1-25-17(22)13-6-3-7-20(13)16(21)11-4-2-5-12(8-11)27(23,24)15-10-19-14(9-18)26-15/h2,4-5,8,10,13H,3,6-7,9,18H2,1H3/t13-/m1/s1. The highest BCUT2D eigenvalue weighted by molar-refractivity contribution is 7.93. The van der Waals surface area contributed by atoms with Crippen LogP contribution >= 0.6 is 11.3 Å². The highest BCUT2D eigenvalue weighted by Crippen LogP contribution is 2.28. The van der Waals surface area contributed by atoms with E-state index in [2.05, 4.69) is 4.98 Å². The molecule has 1 amide bonds. The number of carbonyl (C=O) groups excluding carboxylic acids is 2. The zero-order valence-electron chi connectivity index (χ0n) is 14.6. The van der Waals surface area contributed by atoms with E-state index in [1.165, 1.54) is 42.5 Å². The minimum Gasteiger partial charge on any atom is -0.467 e. The maximum atomic E-state index is 12.8. The topological polar surface area (TPSA) is 120 Å². The summed E-state index contributed by atoms with van der Waals surface area (Å²) in [6.45, 7) is 0.576. The Morgan fingerprint density at radius 2 is 2.19 bits per heavy atom. The third-order valence-corrected chi connectivity index (χ3v) is 7.58. The Balaban J connectivity index is 1.91. The van der Waals surface area contributed by atoms with Gasteiger partial charge in [0.2, 0.25) is 9.84 Å². The number of thiazole rings is 1. The van der Waals surface area contributed by atoms with Crippen LogP contribution < -0.4 is 5.73 Å². The van der Waals surface area contributed by atoms with Crippen molar-refractivity contribution >= 4 is 33.1 Å². The van der Waals surface area contributed by atoms with E-state index in [0.717, 1.165) is 11.3 Å². The molecule has 2 heterocycles. The lowest BCUT2D eigenvalue weighted by Gasteiger charge is -2.22. The summed E-state index contributed by atoms with van der Waals surface area (Å²) < 4.78 is 30.4. The maximum absolute atomic E-state index is 12.8. The first-order chi connectivity index (χ1) is 12.9. The number of methoxy groups -OCH3 is 1. The first-order valence-corrected chi connectivity index (χ1v) is 10.6. The van der Waals surface area contributed by atoms with Crippen LogP contribution in [0.3, 0.4) is 0 Å². The summed E-state index contributed by atoms with van der Waals surface area (Å²) in [6.07, 6.45) is 2.48. The zero-order chi connectivity index (χ0) is 19.6. The molecule has 0 unspecified atom stereocenters. The minimum atomic E-state index is -3.80. The van der Waals surface area contributed by atoms with Gasteiger partial charge in [-0.1, -0.05) is 6.07 Å². The summed E-state index contributed by atoms with van der Waals surface area (Å²) in [5, 5.41) is 0.513. The second kappa shape index (κ2) is 7.75. The van der Waals surface area contributed by atoms with Crippen molar-refractivity contribution in [3.63, 3.8) is 0 Å². The van der Waals surface area contributed by atoms with Crippen molar-refractivity contribution in [2.75, 3.05) is 13.7 Å². The van der Waals surface area contributed by atoms with E-state index < -0.39 is 27.8 Å². The number of ether oxygens (including phenoxy) is 1. The maximum Gasteiger partial charge on any atom is 0.328 e. The quantitative estimate of drug-likeness (QED) is 0.737. The van der Waals surface area contributed by atoms with Gasteiger partial charge in [-0.2, -0.15) is 0 Å². The summed E-state index contributed by atoms with van der Waals surface area (Å²) in [6, 6.07) is 5.15. The largest absolute Gasteiger partial charge is 0.467 e. The lowest BCUT2D eigenvalue weighted by atomic mass is 10.1. The Morgan fingerprint density at radius 1 is 1.41 bits per heavy atom. The fourth-order valence-corrected chi connectivity index (χ4v) is 5.49. The normalized spacial score (nSPS) is 17.1. The van der Waals surface area contributed by atoms with E-state index in [0.29, 0.717) is 24.4 Å². The highest BCUT2D eigenvalue weighted by atomic mass is 32.2. The Labute approximate surface area is 160 Å². The molecule has 0 radical (unpaired) electrons. The van der Waals surface area contributed by atoms with Gasteiger partial charge in [-0.3, -0.25) is 4.79 Å². The number of aromatic nitrogens is 1. The van der Waals surface area contributed by atoms with Crippen molar-refractivity contribution in [2.45, 2.75) is 34.5 Å². The minimum absolute atomic E-state index is 0.00520. The molecular formula is C17H19N3O5S2. The number of likely N-dealkylation sites (tertiary alicyclic amines) is 1. The molecule has 10 heteroatoms. The van der Waals surface area contributed by atoms with Crippen molar-refractivity contribution in [3.8, 4) is 0 Å². The molecule has 8 nitrogen and oxygen atoms in total. The van der Waals surface area contributed by atoms with Gasteiger partial charge < -0.3 is 15.4 Å². The molecule has 1 fully saturated rings. The van der Waals surface area contributed by atoms with Crippen LogP contribution in [0.5, 0.6) is 0 Å². The van der Waals surface area contributed by atoms with Gasteiger partial charge in [0.25, 0.3) is 5.91 Å². The van der Waals surface area contributed by atoms with Gasteiger partial charge in [-0.05, 0) is 31.0 Å². The Hall–Kier alpha value is -2.30. The van der Waals surface area contributed by atoms with Gasteiger partial charge in [0.1, 0.15) is 15.3 Å². The molecule has 0 bridgehead atoms. The predicted octanol–water partition coefficient (Wildman–Crippen LogP) is 1.21.